The summed E-state index contributed by atoms with van der Waals surface area (Å²) in [4.78, 5) is 24.8. The number of para-hydroxylation sites is 2. The third kappa shape index (κ3) is 5.67. The summed E-state index contributed by atoms with van der Waals surface area (Å²) in [6.07, 6.45) is 0.793. The van der Waals surface area contributed by atoms with Gasteiger partial charge in [-0.2, -0.15) is 0 Å². The van der Waals surface area contributed by atoms with Crippen LogP contribution in [0.25, 0.3) is 0 Å². The fourth-order valence-electron chi connectivity index (χ4n) is 2.92. The van der Waals surface area contributed by atoms with Gasteiger partial charge in [-0.15, -0.1) is 0 Å². The van der Waals surface area contributed by atoms with E-state index >= 15 is 0 Å². The summed E-state index contributed by atoms with van der Waals surface area (Å²) in [6, 6.07) is 20.3. The Morgan fingerprint density at radius 2 is 1.63 bits per heavy atom. The highest BCUT2D eigenvalue weighted by Crippen LogP contribution is 2.20. The molecule has 0 aliphatic rings. The van der Waals surface area contributed by atoms with E-state index in [0.29, 0.717) is 11.3 Å². The minimum atomic E-state index is -0.413. The fraction of sp³-hybridized carbons (Fsp3) is 0.167. The van der Waals surface area contributed by atoms with Crippen molar-refractivity contribution in [2.45, 2.75) is 20.0 Å². The van der Waals surface area contributed by atoms with E-state index in [-0.39, 0.29) is 24.9 Å². The fourth-order valence-corrected chi connectivity index (χ4v) is 2.92. The van der Waals surface area contributed by atoms with Crippen LogP contribution in [0.5, 0.6) is 5.75 Å². The Balaban J connectivity index is 1.58. The Morgan fingerprint density at radius 1 is 0.933 bits per heavy atom. The van der Waals surface area contributed by atoms with Gasteiger partial charge in [0, 0.05) is 5.69 Å². The van der Waals surface area contributed by atoms with Gasteiger partial charge in [-0.05, 0) is 47.9 Å². The van der Waals surface area contributed by atoms with Gasteiger partial charge in [0.1, 0.15) is 18.2 Å². The maximum atomic E-state index is 13.0. The highest BCUT2D eigenvalue weighted by molar-refractivity contribution is 6.01. The molecule has 0 saturated heterocycles. The van der Waals surface area contributed by atoms with Crippen molar-refractivity contribution < 1.29 is 18.7 Å². The number of carbonyl (C=O) groups excluding carboxylic acids is 2. The van der Waals surface area contributed by atoms with Gasteiger partial charge >= 0.3 is 0 Å². The SMILES string of the molecule is CCc1ccccc1NC(=O)CNC(=O)c1ccccc1OCc1ccc(F)cc1. The molecular weight excluding hydrogens is 383 g/mol. The van der Waals surface area contributed by atoms with Crippen LogP contribution in [0.3, 0.4) is 0 Å². The molecule has 0 heterocycles. The highest BCUT2D eigenvalue weighted by atomic mass is 19.1. The van der Waals surface area contributed by atoms with Crippen LogP contribution in [0, 0.1) is 5.82 Å². The first-order valence-corrected chi connectivity index (χ1v) is 9.69. The molecule has 2 N–H and O–H groups in total. The van der Waals surface area contributed by atoms with Gasteiger partial charge in [0.2, 0.25) is 5.91 Å². The summed E-state index contributed by atoms with van der Waals surface area (Å²) in [5.41, 5.74) is 2.86. The zero-order valence-corrected chi connectivity index (χ0v) is 16.7. The minimum absolute atomic E-state index is 0.164. The van der Waals surface area contributed by atoms with Crippen molar-refractivity contribution in [1.29, 1.82) is 0 Å². The van der Waals surface area contributed by atoms with Crippen LogP contribution < -0.4 is 15.4 Å². The molecule has 154 valence electrons. The number of amides is 2. The van der Waals surface area contributed by atoms with Crippen molar-refractivity contribution in [3.05, 3.63) is 95.3 Å². The van der Waals surface area contributed by atoms with Gasteiger partial charge in [0.05, 0.1) is 12.1 Å². The molecule has 3 rings (SSSR count). The number of carbonyl (C=O) groups is 2. The van der Waals surface area contributed by atoms with Crippen LogP contribution in [0.15, 0.2) is 72.8 Å². The van der Waals surface area contributed by atoms with Gasteiger partial charge in [-0.3, -0.25) is 9.59 Å². The number of halogens is 1. The number of benzene rings is 3. The third-order valence-electron chi connectivity index (χ3n) is 4.52. The second-order valence-corrected chi connectivity index (χ2v) is 6.65. The van der Waals surface area contributed by atoms with E-state index in [2.05, 4.69) is 10.6 Å². The lowest BCUT2D eigenvalue weighted by Gasteiger charge is -2.13. The molecule has 0 radical (unpaired) electrons. The van der Waals surface area contributed by atoms with Crippen molar-refractivity contribution in [1.82, 2.24) is 5.32 Å². The number of hydrogen-bond donors (Lipinski definition) is 2. The van der Waals surface area contributed by atoms with Gasteiger partial charge in [0.25, 0.3) is 5.91 Å². The molecule has 0 spiro atoms. The van der Waals surface area contributed by atoms with E-state index < -0.39 is 5.91 Å². The predicted octanol–water partition coefficient (Wildman–Crippen LogP) is 4.34. The van der Waals surface area contributed by atoms with Gasteiger partial charge in [-0.25, -0.2) is 4.39 Å². The largest absolute Gasteiger partial charge is 0.488 e. The van der Waals surface area contributed by atoms with Crippen molar-refractivity contribution in [3.63, 3.8) is 0 Å². The third-order valence-corrected chi connectivity index (χ3v) is 4.52. The molecule has 5 nitrogen and oxygen atoms in total. The molecule has 6 heteroatoms. The van der Waals surface area contributed by atoms with Crippen molar-refractivity contribution in [3.8, 4) is 5.75 Å². The van der Waals surface area contributed by atoms with Gasteiger partial charge in [0.15, 0.2) is 0 Å². The number of aryl methyl sites for hydroxylation is 1. The van der Waals surface area contributed by atoms with Crippen LogP contribution >= 0.6 is 0 Å². The smallest absolute Gasteiger partial charge is 0.255 e. The number of anilines is 1. The summed E-state index contributed by atoms with van der Waals surface area (Å²) in [6.45, 7) is 2.04. The lowest BCUT2D eigenvalue weighted by molar-refractivity contribution is -0.115. The molecule has 2 amide bonds. The summed E-state index contributed by atoms with van der Waals surface area (Å²) in [7, 11) is 0. The molecule has 30 heavy (non-hydrogen) atoms. The van der Waals surface area contributed by atoms with E-state index in [1.165, 1.54) is 12.1 Å². The lowest BCUT2D eigenvalue weighted by atomic mass is 10.1. The number of ether oxygens (including phenoxy) is 1. The monoisotopic (exact) mass is 406 g/mol. The van der Waals surface area contributed by atoms with Crippen LogP contribution in [0.2, 0.25) is 0 Å². The van der Waals surface area contributed by atoms with Crippen LogP contribution in [-0.2, 0) is 17.8 Å². The second kappa shape index (κ2) is 10.2. The maximum absolute atomic E-state index is 13.0. The Bertz CT molecular complexity index is 1020. The second-order valence-electron chi connectivity index (χ2n) is 6.65. The molecular formula is C24H23FN2O3. The molecule has 0 aliphatic carbocycles. The van der Waals surface area contributed by atoms with Crippen LogP contribution in [0.1, 0.15) is 28.4 Å². The Kier molecular flexibility index (Phi) is 7.16. The molecule has 0 unspecified atom stereocenters. The molecule has 0 bridgehead atoms. The zero-order chi connectivity index (χ0) is 21.3. The average Bonchev–Trinajstić information content (AvgIpc) is 2.77. The predicted molar refractivity (Wildman–Crippen MR) is 114 cm³/mol. The first-order chi connectivity index (χ1) is 14.6. The van der Waals surface area contributed by atoms with Crippen LogP contribution in [-0.4, -0.2) is 18.4 Å². The Labute approximate surface area is 174 Å². The molecule has 0 aromatic heterocycles. The summed E-state index contributed by atoms with van der Waals surface area (Å²) in [5.74, 6) is -0.660. The van der Waals surface area contributed by atoms with Gasteiger partial charge < -0.3 is 15.4 Å². The molecule has 0 atom stereocenters. The maximum Gasteiger partial charge on any atom is 0.255 e. The van der Waals surface area contributed by atoms with Crippen molar-refractivity contribution >= 4 is 17.5 Å². The average molecular weight is 406 g/mol. The summed E-state index contributed by atoms with van der Waals surface area (Å²) >= 11 is 0. The Hall–Kier alpha value is -3.67. The first kappa shape index (κ1) is 21.0. The van der Waals surface area contributed by atoms with E-state index in [4.69, 9.17) is 4.74 Å². The van der Waals surface area contributed by atoms with Crippen molar-refractivity contribution in [2.24, 2.45) is 0 Å². The summed E-state index contributed by atoms with van der Waals surface area (Å²) < 4.78 is 18.8. The molecule has 3 aromatic carbocycles. The van der Waals surface area contributed by atoms with Crippen LogP contribution in [0.4, 0.5) is 10.1 Å². The molecule has 0 aliphatic heterocycles. The number of rotatable bonds is 8. The standard InChI is InChI=1S/C24H23FN2O3/c1-2-18-7-3-5-9-21(18)27-23(28)15-26-24(29)20-8-4-6-10-22(20)30-16-17-11-13-19(25)14-12-17/h3-14H,2,15-16H2,1H3,(H,26,29)(H,27,28). The molecule has 3 aromatic rings. The number of hydrogen-bond acceptors (Lipinski definition) is 3. The quantitative estimate of drug-likeness (QED) is 0.585. The number of nitrogens with one attached hydrogen (secondary N) is 2. The Morgan fingerprint density at radius 3 is 2.40 bits per heavy atom. The molecule has 0 saturated carbocycles. The molecule has 0 fully saturated rings. The van der Waals surface area contributed by atoms with E-state index in [1.807, 2.05) is 31.2 Å². The van der Waals surface area contributed by atoms with E-state index in [9.17, 15) is 14.0 Å². The summed E-state index contributed by atoms with van der Waals surface area (Å²) in [5, 5.41) is 5.44. The lowest BCUT2D eigenvalue weighted by Crippen LogP contribution is -2.33. The highest BCUT2D eigenvalue weighted by Gasteiger charge is 2.14. The van der Waals surface area contributed by atoms with E-state index in [0.717, 1.165) is 23.2 Å². The van der Waals surface area contributed by atoms with Crippen molar-refractivity contribution in [2.75, 3.05) is 11.9 Å². The normalized spacial score (nSPS) is 10.3. The first-order valence-electron chi connectivity index (χ1n) is 9.69. The zero-order valence-electron chi connectivity index (χ0n) is 16.7. The van der Waals surface area contributed by atoms with E-state index in [1.54, 1.807) is 36.4 Å². The minimum Gasteiger partial charge on any atom is -0.488 e. The van der Waals surface area contributed by atoms with Gasteiger partial charge in [-0.1, -0.05) is 49.4 Å². The topological polar surface area (TPSA) is 67.4 Å².